The molecule has 1 aliphatic heterocycles. The maximum absolute atomic E-state index is 13.0. The first-order valence-corrected chi connectivity index (χ1v) is 10.1. The molecule has 0 atom stereocenters. The predicted octanol–water partition coefficient (Wildman–Crippen LogP) is 4.12. The highest BCUT2D eigenvalue weighted by Crippen LogP contribution is 2.39. The molecule has 34 heavy (non-hydrogen) atoms. The van der Waals surface area contributed by atoms with E-state index < -0.39 is 18.0 Å². The Hall–Kier alpha value is -4.28. The number of anilines is 3. The fourth-order valence-electron chi connectivity index (χ4n) is 3.51. The van der Waals surface area contributed by atoms with Crippen molar-refractivity contribution in [3.63, 3.8) is 0 Å². The molecule has 2 N–H and O–H groups in total. The van der Waals surface area contributed by atoms with Gasteiger partial charge in [-0.05, 0) is 48.5 Å². The fraction of sp³-hybridized carbons (Fsp3) is 0.174. The normalized spacial score (nSPS) is 12.9. The second-order valence-electron chi connectivity index (χ2n) is 7.13. The summed E-state index contributed by atoms with van der Waals surface area (Å²) in [4.78, 5) is 31.4. The number of alkyl halides is 3. The highest BCUT2D eigenvalue weighted by atomic mass is 19.4. The minimum absolute atomic E-state index is 0.218. The van der Waals surface area contributed by atoms with Crippen LogP contribution in [0, 0.1) is 0 Å². The zero-order valence-corrected chi connectivity index (χ0v) is 17.8. The number of amides is 2. The Kier molecular flexibility index (Phi) is 6.26. The van der Waals surface area contributed by atoms with E-state index in [4.69, 9.17) is 4.74 Å². The van der Waals surface area contributed by atoms with E-state index in [9.17, 15) is 22.8 Å². The number of carbonyl (C=O) groups is 2. The Balaban J connectivity index is 1.61. The number of fused-ring (bicyclic) bond motifs is 1. The molecular formula is C23H19F3N4O4. The van der Waals surface area contributed by atoms with Crippen molar-refractivity contribution in [2.45, 2.75) is 6.36 Å². The largest absolute Gasteiger partial charge is 0.573 e. The Morgan fingerprint density at radius 2 is 1.76 bits per heavy atom. The zero-order chi connectivity index (χ0) is 24.3. The lowest BCUT2D eigenvalue weighted by molar-refractivity contribution is -0.274. The molecule has 0 radical (unpaired) electrons. The van der Waals surface area contributed by atoms with E-state index in [0.29, 0.717) is 29.4 Å². The van der Waals surface area contributed by atoms with E-state index in [1.807, 2.05) is 0 Å². The van der Waals surface area contributed by atoms with E-state index in [0.717, 1.165) is 12.1 Å². The molecule has 2 heterocycles. The van der Waals surface area contributed by atoms with E-state index in [1.54, 1.807) is 41.4 Å². The molecule has 0 unspecified atom stereocenters. The van der Waals surface area contributed by atoms with Crippen molar-refractivity contribution in [2.75, 3.05) is 30.4 Å². The third-order valence-corrected chi connectivity index (χ3v) is 4.95. The van der Waals surface area contributed by atoms with E-state index in [2.05, 4.69) is 20.4 Å². The van der Waals surface area contributed by atoms with Gasteiger partial charge >= 0.3 is 6.36 Å². The van der Waals surface area contributed by atoms with Crippen LogP contribution in [0.2, 0.25) is 0 Å². The highest BCUT2D eigenvalue weighted by Gasteiger charge is 2.31. The quantitative estimate of drug-likeness (QED) is 0.581. The number of nitrogens with zero attached hydrogens (tertiary/aromatic N) is 2. The minimum atomic E-state index is -4.80. The highest BCUT2D eigenvalue weighted by molar-refractivity contribution is 6.08. The lowest BCUT2D eigenvalue weighted by Gasteiger charge is -2.32. The number of pyridine rings is 1. The first-order chi connectivity index (χ1) is 16.3. The molecule has 0 fully saturated rings. The average Bonchev–Trinajstić information content (AvgIpc) is 2.83. The van der Waals surface area contributed by atoms with Crippen LogP contribution in [0.25, 0.3) is 0 Å². The lowest BCUT2D eigenvalue weighted by atomic mass is 10.1. The number of hydrogen-bond donors (Lipinski definition) is 2. The topological polar surface area (TPSA) is 92.8 Å². The number of rotatable bonds is 5. The number of para-hydroxylation sites is 1. The van der Waals surface area contributed by atoms with Crippen molar-refractivity contribution in [2.24, 2.45) is 0 Å². The van der Waals surface area contributed by atoms with Gasteiger partial charge < -0.3 is 25.0 Å². The first kappa shape index (κ1) is 22.9. The molecule has 1 aliphatic rings. The molecule has 0 spiro atoms. The van der Waals surface area contributed by atoms with Gasteiger partial charge in [-0.3, -0.25) is 9.59 Å². The molecule has 8 nitrogen and oxygen atoms in total. The van der Waals surface area contributed by atoms with Crippen LogP contribution in [0.4, 0.5) is 30.4 Å². The number of hydrogen-bond acceptors (Lipinski definition) is 6. The van der Waals surface area contributed by atoms with Gasteiger partial charge in [0, 0.05) is 18.9 Å². The monoisotopic (exact) mass is 472 g/mol. The van der Waals surface area contributed by atoms with Crippen molar-refractivity contribution in [3.05, 3.63) is 71.9 Å². The number of aromatic nitrogens is 1. The summed E-state index contributed by atoms with van der Waals surface area (Å²) in [6.07, 6.45) is -3.23. The molecule has 1 aromatic heterocycles. The zero-order valence-electron chi connectivity index (χ0n) is 17.8. The maximum atomic E-state index is 13.0. The van der Waals surface area contributed by atoms with Crippen molar-refractivity contribution < 1.29 is 32.2 Å². The van der Waals surface area contributed by atoms with Crippen molar-refractivity contribution >= 4 is 29.0 Å². The summed E-state index contributed by atoms with van der Waals surface area (Å²) in [5, 5.41) is 5.22. The standard InChI is InChI=1S/C23H19F3N4O4/c1-27-21(31)17-5-3-11-28-20(17)30-12-13-33-19-16(4-2-6-18(19)30)22(32)29-14-7-9-15(10-8-14)34-23(24,25)26/h2-11H,12-13H2,1H3,(H,27,31)(H,29,32). The maximum Gasteiger partial charge on any atom is 0.573 e. The molecule has 0 bridgehead atoms. The Morgan fingerprint density at radius 1 is 1.03 bits per heavy atom. The van der Waals surface area contributed by atoms with Crippen LogP contribution in [-0.4, -0.2) is 43.4 Å². The van der Waals surface area contributed by atoms with Crippen molar-refractivity contribution in [1.82, 2.24) is 10.3 Å². The molecule has 3 aromatic rings. The molecular weight excluding hydrogens is 453 g/mol. The van der Waals surface area contributed by atoms with Crippen LogP contribution in [0.5, 0.6) is 11.5 Å². The Morgan fingerprint density at radius 3 is 2.47 bits per heavy atom. The van der Waals surface area contributed by atoms with Gasteiger partial charge in [0.25, 0.3) is 11.8 Å². The summed E-state index contributed by atoms with van der Waals surface area (Å²) in [6, 6.07) is 13.1. The van der Waals surface area contributed by atoms with Crippen molar-refractivity contribution in [3.8, 4) is 11.5 Å². The molecule has 4 rings (SSSR count). The third-order valence-electron chi connectivity index (χ3n) is 4.95. The second kappa shape index (κ2) is 9.30. The van der Waals surface area contributed by atoms with Crippen LogP contribution in [0.1, 0.15) is 20.7 Å². The molecule has 11 heteroatoms. The van der Waals surface area contributed by atoms with Gasteiger partial charge in [0.15, 0.2) is 5.75 Å². The van der Waals surface area contributed by atoms with Crippen LogP contribution in [-0.2, 0) is 0 Å². The first-order valence-electron chi connectivity index (χ1n) is 10.1. The van der Waals surface area contributed by atoms with Crippen LogP contribution in [0.15, 0.2) is 60.8 Å². The Labute approximate surface area is 192 Å². The number of benzene rings is 2. The van der Waals surface area contributed by atoms with Crippen LogP contribution >= 0.6 is 0 Å². The molecule has 2 aromatic carbocycles. The van der Waals surface area contributed by atoms with E-state index in [-0.39, 0.29) is 23.8 Å². The molecule has 0 saturated carbocycles. The summed E-state index contributed by atoms with van der Waals surface area (Å²) in [6.45, 7) is 0.643. The summed E-state index contributed by atoms with van der Waals surface area (Å²) in [7, 11) is 1.52. The summed E-state index contributed by atoms with van der Waals surface area (Å²) in [5.74, 6) is -0.497. The number of carbonyl (C=O) groups excluding carboxylic acids is 2. The fourth-order valence-corrected chi connectivity index (χ4v) is 3.51. The smallest absolute Gasteiger partial charge is 0.489 e. The number of ether oxygens (including phenoxy) is 2. The van der Waals surface area contributed by atoms with Crippen LogP contribution < -0.4 is 25.0 Å². The van der Waals surface area contributed by atoms with E-state index in [1.165, 1.54) is 19.2 Å². The Bertz CT molecular complexity index is 1220. The molecule has 0 saturated heterocycles. The van der Waals surface area contributed by atoms with Gasteiger partial charge in [0.2, 0.25) is 0 Å². The van der Waals surface area contributed by atoms with Gasteiger partial charge in [-0.2, -0.15) is 0 Å². The number of halogens is 3. The summed E-state index contributed by atoms with van der Waals surface area (Å²) < 4.78 is 46.6. The molecule has 0 aliphatic carbocycles. The van der Waals surface area contributed by atoms with Crippen molar-refractivity contribution in [1.29, 1.82) is 0 Å². The summed E-state index contributed by atoms with van der Waals surface area (Å²) >= 11 is 0. The SMILES string of the molecule is CNC(=O)c1cccnc1N1CCOc2c(C(=O)Nc3ccc(OC(F)(F)F)cc3)cccc21. The van der Waals surface area contributed by atoms with Gasteiger partial charge in [-0.15, -0.1) is 13.2 Å². The van der Waals surface area contributed by atoms with E-state index >= 15 is 0 Å². The van der Waals surface area contributed by atoms with Gasteiger partial charge in [-0.1, -0.05) is 6.07 Å². The molecule has 176 valence electrons. The van der Waals surface area contributed by atoms with Gasteiger partial charge in [0.1, 0.15) is 18.2 Å². The lowest BCUT2D eigenvalue weighted by Crippen LogP contribution is -2.32. The predicted molar refractivity (Wildman–Crippen MR) is 118 cm³/mol. The summed E-state index contributed by atoms with van der Waals surface area (Å²) in [5.41, 5.74) is 1.41. The second-order valence-corrected chi connectivity index (χ2v) is 7.13. The third kappa shape index (κ3) is 4.87. The van der Waals surface area contributed by atoms with Gasteiger partial charge in [-0.25, -0.2) is 4.98 Å². The van der Waals surface area contributed by atoms with Gasteiger partial charge in [0.05, 0.1) is 23.4 Å². The van der Waals surface area contributed by atoms with Crippen LogP contribution in [0.3, 0.4) is 0 Å². The minimum Gasteiger partial charge on any atom is -0.489 e. The average molecular weight is 472 g/mol. The molecule has 2 amide bonds. The number of nitrogens with one attached hydrogen (secondary N) is 2.